The van der Waals surface area contributed by atoms with Crippen LogP contribution in [0.25, 0.3) is 0 Å². The molecule has 0 saturated carbocycles. The molecule has 2 aromatic rings. The number of benzene rings is 2. The Hall–Kier alpha value is -3.29. The number of nitro groups is 1. The summed E-state index contributed by atoms with van der Waals surface area (Å²) in [4.78, 5) is 22.8. The van der Waals surface area contributed by atoms with Crippen LogP contribution in [-0.2, 0) is 4.74 Å². The van der Waals surface area contributed by atoms with Gasteiger partial charge in [-0.15, -0.1) is 0 Å². The molecule has 124 valence electrons. The number of nitro benzene ring substituents is 1. The normalized spacial score (nSPS) is 15.4. The summed E-state index contributed by atoms with van der Waals surface area (Å²) in [5.74, 6) is 0.0863. The molecule has 0 fully saturated rings. The summed E-state index contributed by atoms with van der Waals surface area (Å²) in [5.41, 5.74) is 0.911. The summed E-state index contributed by atoms with van der Waals surface area (Å²) in [6.07, 6.45) is -0.853. The summed E-state index contributed by atoms with van der Waals surface area (Å²) in [5, 5.41) is 14.0. The molecule has 3 rings (SSSR count). The van der Waals surface area contributed by atoms with E-state index in [1.54, 1.807) is 30.3 Å². The molecule has 0 bridgehead atoms. The number of nitrogens with zero attached hydrogens (tertiary/aromatic N) is 1. The van der Waals surface area contributed by atoms with Crippen LogP contribution in [0.5, 0.6) is 11.5 Å². The second-order valence-corrected chi connectivity index (χ2v) is 4.97. The molecule has 0 saturated heterocycles. The fourth-order valence-corrected chi connectivity index (χ4v) is 2.60. The average Bonchev–Trinajstić information content (AvgIpc) is 2.90. The van der Waals surface area contributed by atoms with Crippen LogP contribution in [-0.4, -0.2) is 25.1 Å². The van der Waals surface area contributed by atoms with Gasteiger partial charge in [-0.05, 0) is 18.2 Å². The summed E-state index contributed by atoms with van der Waals surface area (Å²) >= 11 is 0. The number of esters is 1. The number of anilines is 1. The molecule has 0 radical (unpaired) electrons. The van der Waals surface area contributed by atoms with E-state index in [9.17, 15) is 14.9 Å². The number of fused-ring (bicyclic) bond motifs is 1. The van der Waals surface area contributed by atoms with E-state index in [-0.39, 0.29) is 22.7 Å². The van der Waals surface area contributed by atoms with Crippen LogP contribution in [0.3, 0.4) is 0 Å². The summed E-state index contributed by atoms with van der Waals surface area (Å²) in [6, 6.07) is 9.44. The van der Waals surface area contributed by atoms with E-state index in [1.807, 2.05) is 0 Å². The third-order valence-electron chi connectivity index (χ3n) is 3.68. The zero-order chi connectivity index (χ0) is 17.3. The molecule has 2 aromatic carbocycles. The van der Waals surface area contributed by atoms with Gasteiger partial charge in [0.1, 0.15) is 11.3 Å². The van der Waals surface area contributed by atoms with E-state index >= 15 is 0 Å². The number of cyclic esters (lactones) is 1. The lowest BCUT2D eigenvalue weighted by molar-refractivity contribution is -0.384. The monoisotopic (exact) mass is 330 g/mol. The Kier molecular flexibility index (Phi) is 3.95. The van der Waals surface area contributed by atoms with Gasteiger partial charge >= 0.3 is 5.97 Å². The molecule has 24 heavy (non-hydrogen) atoms. The number of hydrogen-bond donors (Lipinski definition) is 1. The van der Waals surface area contributed by atoms with Gasteiger partial charge in [0.15, 0.2) is 11.5 Å². The van der Waals surface area contributed by atoms with Gasteiger partial charge in [-0.1, -0.05) is 12.1 Å². The number of nitrogens with one attached hydrogen (secondary N) is 1. The Morgan fingerprint density at radius 2 is 1.92 bits per heavy atom. The molecule has 1 heterocycles. The minimum atomic E-state index is -0.853. The van der Waals surface area contributed by atoms with Gasteiger partial charge in [0.2, 0.25) is 6.23 Å². The van der Waals surface area contributed by atoms with E-state index in [4.69, 9.17) is 14.2 Å². The van der Waals surface area contributed by atoms with Gasteiger partial charge < -0.3 is 19.5 Å². The first-order valence-corrected chi connectivity index (χ1v) is 7.02. The highest BCUT2D eigenvalue weighted by atomic mass is 16.6. The van der Waals surface area contributed by atoms with Crippen LogP contribution in [0.4, 0.5) is 11.4 Å². The van der Waals surface area contributed by atoms with Crippen LogP contribution in [0.15, 0.2) is 36.4 Å². The van der Waals surface area contributed by atoms with Gasteiger partial charge in [0, 0.05) is 11.6 Å². The lowest BCUT2D eigenvalue weighted by Crippen LogP contribution is -2.11. The maximum atomic E-state index is 12.2. The van der Waals surface area contributed by atoms with E-state index in [0.717, 1.165) is 0 Å². The first-order valence-electron chi connectivity index (χ1n) is 7.02. The van der Waals surface area contributed by atoms with E-state index in [1.165, 1.54) is 20.3 Å². The van der Waals surface area contributed by atoms with Crippen molar-refractivity contribution < 1.29 is 23.9 Å². The van der Waals surface area contributed by atoms with Crippen molar-refractivity contribution in [2.45, 2.75) is 6.23 Å². The van der Waals surface area contributed by atoms with Crippen molar-refractivity contribution in [3.8, 4) is 11.5 Å². The molecule has 0 aromatic heterocycles. The zero-order valence-electron chi connectivity index (χ0n) is 12.9. The third kappa shape index (κ3) is 2.47. The third-order valence-corrected chi connectivity index (χ3v) is 3.68. The van der Waals surface area contributed by atoms with Crippen molar-refractivity contribution in [1.29, 1.82) is 0 Å². The van der Waals surface area contributed by atoms with Gasteiger partial charge in [-0.3, -0.25) is 10.1 Å². The van der Waals surface area contributed by atoms with Gasteiger partial charge in [-0.25, -0.2) is 4.79 Å². The van der Waals surface area contributed by atoms with Crippen LogP contribution >= 0.6 is 0 Å². The fraction of sp³-hybridized carbons (Fsp3) is 0.188. The average molecular weight is 330 g/mol. The molecule has 8 nitrogen and oxygen atoms in total. The first kappa shape index (κ1) is 15.6. The maximum absolute atomic E-state index is 12.2. The molecule has 0 aliphatic carbocycles. The number of rotatable bonds is 5. The maximum Gasteiger partial charge on any atom is 0.344 e. The van der Waals surface area contributed by atoms with Gasteiger partial charge in [0.05, 0.1) is 19.1 Å². The number of para-hydroxylation sites is 2. The number of methoxy groups -OCH3 is 2. The summed E-state index contributed by atoms with van der Waals surface area (Å²) in [7, 11) is 2.89. The first-order chi connectivity index (χ1) is 11.6. The van der Waals surface area contributed by atoms with Gasteiger partial charge in [0.25, 0.3) is 5.69 Å². The lowest BCUT2D eigenvalue weighted by atomic mass is 10.1. The van der Waals surface area contributed by atoms with E-state index in [0.29, 0.717) is 11.3 Å². The van der Waals surface area contributed by atoms with Crippen LogP contribution in [0.2, 0.25) is 0 Å². The largest absolute Gasteiger partial charge is 0.493 e. The fourth-order valence-electron chi connectivity index (χ4n) is 2.60. The molecule has 0 unspecified atom stereocenters. The quantitative estimate of drug-likeness (QED) is 0.511. The Morgan fingerprint density at radius 3 is 2.58 bits per heavy atom. The number of ether oxygens (including phenoxy) is 3. The highest BCUT2D eigenvalue weighted by Crippen LogP contribution is 2.42. The Balaban J connectivity index is 2.01. The smallest absolute Gasteiger partial charge is 0.344 e. The second kappa shape index (κ2) is 6.07. The number of carbonyl (C=O) groups is 1. The SMILES string of the molecule is COc1ccc2c(c1OC)C(=O)O[C@@H]2Nc1ccccc1[N+](=O)[O-]. The van der Waals surface area contributed by atoms with Crippen LogP contribution < -0.4 is 14.8 Å². The Bertz CT molecular complexity index is 820. The highest BCUT2D eigenvalue weighted by Gasteiger charge is 2.36. The highest BCUT2D eigenvalue weighted by molar-refractivity contribution is 5.98. The van der Waals surface area contributed by atoms with Crippen molar-refractivity contribution in [3.63, 3.8) is 0 Å². The predicted molar refractivity (Wildman–Crippen MR) is 84.4 cm³/mol. The van der Waals surface area contributed by atoms with Crippen LogP contribution in [0.1, 0.15) is 22.1 Å². The number of carbonyl (C=O) groups excluding carboxylic acids is 1. The van der Waals surface area contributed by atoms with E-state index < -0.39 is 17.1 Å². The van der Waals surface area contributed by atoms with Crippen LogP contribution in [0, 0.1) is 10.1 Å². The van der Waals surface area contributed by atoms with Gasteiger partial charge in [-0.2, -0.15) is 0 Å². The predicted octanol–water partition coefficient (Wildman–Crippen LogP) is 2.89. The summed E-state index contributed by atoms with van der Waals surface area (Å²) in [6.45, 7) is 0. The lowest BCUT2D eigenvalue weighted by Gasteiger charge is -2.15. The molecular weight excluding hydrogens is 316 g/mol. The molecule has 0 spiro atoms. The second-order valence-electron chi connectivity index (χ2n) is 4.97. The summed E-state index contributed by atoms with van der Waals surface area (Å²) < 4.78 is 15.7. The Labute approximate surface area is 137 Å². The minimum Gasteiger partial charge on any atom is -0.493 e. The topological polar surface area (TPSA) is 99.9 Å². The molecule has 8 heteroatoms. The zero-order valence-corrected chi connectivity index (χ0v) is 12.9. The molecule has 1 atom stereocenters. The van der Waals surface area contributed by atoms with Crippen molar-refractivity contribution in [2.24, 2.45) is 0 Å². The molecule has 1 aliphatic heterocycles. The van der Waals surface area contributed by atoms with E-state index in [2.05, 4.69) is 5.32 Å². The number of hydrogen-bond acceptors (Lipinski definition) is 7. The molecular formula is C16H14N2O6. The van der Waals surface area contributed by atoms with Crippen molar-refractivity contribution >= 4 is 17.3 Å². The standard InChI is InChI=1S/C16H14N2O6/c1-22-12-8-7-9-13(14(12)23-2)16(19)24-15(9)17-10-5-3-4-6-11(10)18(20)21/h3-8,15,17H,1-2H3/t15-/m0/s1. The van der Waals surface area contributed by atoms with Crippen molar-refractivity contribution in [1.82, 2.24) is 0 Å². The molecule has 1 aliphatic rings. The van der Waals surface area contributed by atoms with Crippen molar-refractivity contribution in [3.05, 3.63) is 57.6 Å². The molecule has 0 amide bonds. The Morgan fingerprint density at radius 1 is 1.17 bits per heavy atom. The molecule has 1 N–H and O–H groups in total. The minimum absolute atomic E-state index is 0.109. The van der Waals surface area contributed by atoms with Crippen molar-refractivity contribution in [2.75, 3.05) is 19.5 Å².